The summed E-state index contributed by atoms with van der Waals surface area (Å²) in [5.41, 5.74) is 3.17. The van der Waals surface area contributed by atoms with E-state index in [0.717, 1.165) is 25.2 Å². The van der Waals surface area contributed by atoms with Gasteiger partial charge in [-0.25, -0.2) is 5.48 Å². The van der Waals surface area contributed by atoms with Crippen molar-refractivity contribution >= 4 is 11.8 Å². The molecule has 6 nitrogen and oxygen atoms in total. The molecule has 1 aliphatic heterocycles. The average Bonchev–Trinajstić information content (AvgIpc) is 2.53. The highest BCUT2D eigenvalue weighted by atomic mass is 16.5. The zero-order valence-corrected chi connectivity index (χ0v) is 15.5. The quantitative estimate of drug-likeness (QED) is 0.633. The summed E-state index contributed by atoms with van der Waals surface area (Å²) in [6, 6.07) is 7.59. The second-order valence-electron chi connectivity index (χ2n) is 7.43. The van der Waals surface area contributed by atoms with Crippen molar-refractivity contribution < 1.29 is 14.8 Å². The van der Waals surface area contributed by atoms with Gasteiger partial charge < -0.3 is 4.90 Å². The molecule has 0 radical (unpaired) electrons. The number of rotatable bonds is 5. The van der Waals surface area contributed by atoms with E-state index in [1.807, 2.05) is 17.0 Å². The molecule has 2 amide bonds. The van der Waals surface area contributed by atoms with Crippen molar-refractivity contribution in [1.82, 2.24) is 15.3 Å². The van der Waals surface area contributed by atoms with E-state index in [4.69, 9.17) is 5.21 Å². The van der Waals surface area contributed by atoms with E-state index >= 15 is 0 Å². The summed E-state index contributed by atoms with van der Waals surface area (Å²) in [6.45, 7) is 10.8. The Kier molecular flexibility index (Phi) is 6.56. The lowest BCUT2D eigenvalue weighted by atomic mass is 10.0. The summed E-state index contributed by atoms with van der Waals surface area (Å²) >= 11 is 0. The van der Waals surface area contributed by atoms with Gasteiger partial charge in [-0.05, 0) is 37.5 Å². The second-order valence-corrected chi connectivity index (χ2v) is 7.43. The molecular formula is C19H29N3O3. The maximum absolute atomic E-state index is 12.5. The molecule has 138 valence electrons. The molecule has 25 heavy (non-hydrogen) atoms. The molecule has 2 atom stereocenters. The molecule has 6 heteroatoms. The number of hydroxylamine groups is 1. The van der Waals surface area contributed by atoms with Crippen molar-refractivity contribution in [2.45, 2.75) is 52.7 Å². The maximum Gasteiger partial charge on any atom is 0.274 e. The Labute approximate surface area is 149 Å². The van der Waals surface area contributed by atoms with E-state index in [-0.39, 0.29) is 18.0 Å². The van der Waals surface area contributed by atoms with Crippen LogP contribution in [-0.4, -0.2) is 52.0 Å². The molecule has 0 spiro atoms. The monoisotopic (exact) mass is 347 g/mol. The van der Waals surface area contributed by atoms with Crippen molar-refractivity contribution in [1.29, 1.82) is 0 Å². The van der Waals surface area contributed by atoms with E-state index in [0.29, 0.717) is 17.9 Å². The van der Waals surface area contributed by atoms with Crippen molar-refractivity contribution in [3.05, 3.63) is 35.4 Å². The number of benzene rings is 1. The molecule has 0 aliphatic carbocycles. The largest absolute Gasteiger partial charge is 0.335 e. The Morgan fingerprint density at radius 2 is 1.72 bits per heavy atom. The zero-order valence-electron chi connectivity index (χ0n) is 15.5. The van der Waals surface area contributed by atoms with Crippen LogP contribution in [0.2, 0.25) is 0 Å². The molecule has 1 aromatic rings. The first-order chi connectivity index (χ1) is 11.8. The van der Waals surface area contributed by atoms with Crippen LogP contribution in [0.25, 0.3) is 0 Å². The first-order valence-electron chi connectivity index (χ1n) is 8.88. The lowest BCUT2D eigenvalue weighted by Crippen LogP contribution is -2.58. The number of nitrogens with one attached hydrogen (secondary N) is 1. The minimum Gasteiger partial charge on any atom is -0.335 e. The van der Waals surface area contributed by atoms with Crippen LogP contribution in [0.5, 0.6) is 0 Å². The molecule has 1 fully saturated rings. The Bertz CT molecular complexity index is 588. The fraction of sp³-hybridized carbons (Fsp3) is 0.579. The Morgan fingerprint density at radius 3 is 2.20 bits per heavy atom. The Hall–Kier alpha value is -1.92. The maximum atomic E-state index is 12.5. The highest BCUT2D eigenvalue weighted by Crippen LogP contribution is 2.20. The highest BCUT2D eigenvalue weighted by Gasteiger charge is 2.32. The van der Waals surface area contributed by atoms with E-state index in [1.54, 1.807) is 17.6 Å². The predicted molar refractivity (Wildman–Crippen MR) is 96.2 cm³/mol. The van der Waals surface area contributed by atoms with Crippen LogP contribution in [-0.2, 0) is 11.3 Å². The number of carbonyl (C=O) groups is 2. The molecule has 2 rings (SSSR count). The number of nitrogens with zero attached hydrogens (tertiary/aromatic N) is 2. The number of hydrogen-bond donors (Lipinski definition) is 2. The van der Waals surface area contributed by atoms with Crippen LogP contribution >= 0.6 is 0 Å². The molecule has 1 saturated heterocycles. The van der Waals surface area contributed by atoms with Gasteiger partial charge in [-0.1, -0.05) is 26.0 Å². The van der Waals surface area contributed by atoms with E-state index in [1.165, 1.54) is 0 Å². The Balaban J connectivity index is 1.97. The third-order valence-corrected chi connectivity index (χ3v) is 4.59. The molecule has 0 bridgehead atoms. The van der Waals surface area contributed by atoms with Gasteiger partial charge in [0.1, 0.15) is 0 Å². The van der Waals surface area contributed by atoms with Gasteiger partial charge in [-0.3, -0.25) is 19.7 Å². The predicted octanol–water partition coefficient (Wildman–Crippen LogP) is 2.27. The van der Waals surface area contributed by atoms with Crippen LogP contribution in [0, 0.1) is 5.92 Å². The molecule has 0 aromatic heterocycles. The van der Waals surface area contributed by atoms with Gasteiger partial charge in [0.05, 0.1) is 0 Å². The molecular weight excluding hydrogens is 318 g/mol. The molecule has 2 N–H and O–H groups in total. The summed E-state index contributed by atoms with van der Waals surface area (Å²) < 4.78 is 0. The van der Waals surface area contributed by atoms with Gasteiger partial charge in [0.2, 0.25) is 5.91 Å². The van der Waals surface area contributed by atoms with Gasteiger partial charge in [-0.15, -0.1) is 0 Å². The fourth-order valence-corrected chi connectivity index (χ4v) is 3.59. The first-order valence-corrected chi connectivity index (χ1v) is 8.88. The SMILES string of the molecule is CC(C)CC(=O)N1C(C)CN(Cc2ccc(C(=O)NO)cc2)CC1C. The molecule has 1 heterocycles. The number of amides is 2. The van der Waals surface area contributed by atoms with Crippen molar-refractivity contribution in [3.8, 4) is 0 Å². The van der Waals surface area contributed by atoms with Crippen LogP contribution in [0.15, 0.2) is 24.3 Å². The van der Waals surface area contributed by atoms with Gasteiger partial charge in [0, 0.05) is 43.7 Å². The minimum atomic E-state index is -0.508. The topological polar surface area (TPSA) is 72.9 Å². The van der Waals surface area contributed by atoms with Gasteiger partial charge >= 0.3 is 0 Å². The summed E-state index contributed by atoms with van der Waals surface area (Å²) in [4.78, 5) is 28.2. The van der Waals surface area contributed by atoms with Gasteiger partial charge in [0.15, 0.2) is 0 Å². The normalized spacial score (nSPS) is 21.4. The van der Waals surface area contributed by atoms with E-state index in [2.05, 4.69) is 32.6 Å². The molecule has 1 aromatic carbocycles. The molecule has 0 saturated carbocycles. The number of hydrogen-bond acceptors (Lipinski definition) is 4. The van der Waals surface area contributed by atoms with Gasteiger partial charge in [-0.2, -0.15) is 0 Å². The van der Waals surface area contributed by atoms with Crippen molar-refractivity contribution in [2.75, 3.05) is 13.1 Å². The van der Waals surface area contributed by atoms with Crippen LogP contribution < -0.4 is 5.48 Å². The first kappa shape index (κ1) is 19.4. The second kappa shape index (κ2) is 8.45. The lowest BCUT2D eigenvalue weighted by Gasteiger charge is -2.45. The van der Waals surface area contributed by atoms with E-state index in [9.17, 15) is 9.59 Å². The summed E-state index contributed by atoms with van der Waals surface area (Å²) in [6.07, 6.45) is 0.600. The average molecular weight is 347 g/mol. The third-order valence-electron chi connectivity index (χ3n) is 4.59. The minimum absolute atomic E-state index is 0.189. The standard InChI is InChI=1S/C19H29N3O3/c1-13(2)9-18(23)22-14(3)10-21(11-15(22)4)12-16-5-7-17(8-6-16)19(24)20-25/h5-8,13-15,25H,9-12H2,1-4H3,(H,20,24). The lowest BCUT2D eigenvalue weighted by molar-refractivity contribution is -0.140. The van der Waals surface area contributed by atoms with Crippen LogP contribution in [0.1, 0.15) is 50.0 Å². The molecule has 2 unspecified atom stereocenters. The van der Waals surface area contributed by atoms with E-state index < -0.39 is 5.91 Å². The third kappa shape index (κ3) is 5.03. The van der Waals surface area contributed by atoms with Crippen LogP contribution in [0.3, 0.4) is 0 Å². The zero-order chi connectivity index (χ0) is 18.6. The van der Waals surface area contributed by atoms with Crippen molar-refractivity contribution in [3.63, 3.8) is 0 Å². The fourth-order valence-electron chi connectivity index (χ4n) is 3.59. The number of piperazine rings is 1. The molecule has 1 aliphatic rings. The van der Waals surface area contributed by atoms with Crippen molar-refractivity contribution in [2.24, 2.45) is 5.92 Å². The van der Waals surface area contributed by atoms with Gasteiger partial charge in [0.25, 0.3) is 5.91 Å². The number of carbonyl (C=O) groups excluding carboxylic acids is 2. The summed E-state index contributed by atoms with van der Waals surface area (Å²) in [7, 11) is 0. The summed E-state index contributed by atoms with van der Waals surface area (Å²) in [5, 5.41) is 8.66. The summed E-state index contributed by atoms with van der Waals surface area (Å²) in [5.74, 6) is 0.111. The Morgan fingerprint density at radius 1 is 1.16 bits per heavy atom. The van der Waals surface area contributed by atoms with Crippen LogP contribution in [0.4, 0.5) is 0 Å². The smallest absolute Gasteiger partial charge is 0.274 e. The highest BCUT2D eigenvalue weighted by molar-refractivity contribution is 5.93.